The van der Waals surface area contributed by atoms with Crippen LogP contribution in [0, 0.1) is 17.7 Å². The summed E-state index contributed by atoms with van der Waals surface area (Å²) < 4.78 is 49.8. The highest BCUT2D eigenvalue weighted by molar-refractivity contribution is 7.90. The Morgan fingerprint density at radius 1 is 1.23 bits per heavy atom. The Balaban J connectivity index is 1.66. The Labute approximate surface area is 225 Å². The summed E-state index contributed by atoms with van der Waals surface area (Å²) in [6.45, 7) is 4.06. The largest absolute Gasteiger partial charge is 0.481 e. The Morgan fingerprint density at radius 2 is 1.97 bits per heavy atom. The fourth-order valence-electron chi connectivity index (χ4n) is 4.02. The van der Waals surface area contributed by atoms with Gasteiger partial charge in [-0.1, -0.05) is 48.2 Å². The molecule has 0 saturated heterocycles. The summed E-state index contributed by atoms with van der Waals surface area (Å²) >= 11 is 0. The molecule has 2 aromatic carbocycles. The molecule has 1 N–H and O–H groups in total. The average molecular weight is 554 g/mol. The van der Waals surface area contributed by atoms with Crippen molar-refractivity contribution in [1.29, 1.82) is 0 Å². The second-order valence-corrected chi connectivity index (χ2v) is 11.7. The summed E-state index contributed by atoms with van der Waals surface area (Å²) in [5, 5.41) is 2.70. The van der Waals surface area contributed by atoms with Crippen LogP contribution in [0.4, 0.5) is 4.39 Å². The average Bonchev–Trinajstić information content (AvgIpc) is 2.87. The van der Waals surface area contributed by atoms with Crippen molar-refractivity contribution in [2.24, 2.45) is 0 Å². The standard InChI is InChI=1S/C28H28FN3O6S/c1-28(2)27-31-23(24(26(34)32(27)13-14-38-28)37-18-19-8-5-4-6-9-19)25(33)30-17-21-11-12-22(29)16-20(21)10-7-15-39(3,35)36/h4-6,8-9,11-12,16H,13-15,17-18H2,1-3H3,(H,30,33). The van der Waals surface area contributed by atoms with E-state index in [1.807, 2.05) is 30.3 Å². The van der Waals surface area contributed by atoms with Gasteiger partial charge in [0.2, 0.25) is 5.75 Å². The summed E-state index contributed by atoms with van der Waals surface area (Å²) in [5.74, 6) is 3.64. The molecule has 2 heterocycles. The van der Waals surface area contributed by atoms with Crippen LogP contribution in [0.1, 0.15) is 46.9 Å². The molecule has 1 aliphatic heterocycles. The number of fused-ring (bicyclic) bond motifs is 1. The van der Waals surface area contributed by atoms with E-state index in [-0.39, 0.29) is 36.7 Å². The maximum Gasteiger partial charge on any atom is 0.296 e. The highest BCUT2D eigenvalue weighted by Gasteiger charge is 2.35. The minimum Gasteiger partial charge on any atom is -0.481 e. The van der Waals surface area contributed by atoms with Gasteiger partial charge in [0.1, 0.15) is 29.6 Å². The number of sulfone groups is 1. The van der Waals surface area contributed by atoms with E-state index in [0.717, 1.165) is 17.9 Å². The lowest BCUT2D eigenvalue weighted by Crippen LogP contribution is -2.43. The van der Waals surface area contributed by atoms with Gasteiger partial charge in [-0.25, -0.2) is 17.8 Å². The quantitative estimate of drug-likeness (QED) is 0.447. The number of aromatic nitrogens is 2. The number of carbonyl (C=O) groups excluding carboxylic acids is 1. The van der Waals surface area contributed by atoms with Gasteiger partial charge in [0, 0.05) is 18.4 Å². The molecule has 3 aromatic rings. The number of hydrogen-bond donors (Lipinski definition) is 1. The van der Waals surface area contributed by atoms with Crippen LogP contribution in [0.3, 0.4) is 0 Å². The van der Waals surface area contributed by atoms with Gasteiger partial charge in [-0.15, -0.1) is 0 Å². The Kier molecular flexibility index (Phi) is 8.18. The first kappa shape index (κ1) is 28.0. The number of ether oxygens (including phenoxy) is 2. The maximum absolute atomic E-state index is 13.9. The van der Waals surface area contributed by atoms with Crippen molar-refractivity contribution in [1.82, 2.24) is 14.9 Å². The number of nitrogens with zero attached hydrogens (tertiary/aromatic N) is 2. The molecule has 0 bridgehead atoms. The predicted molar refractivity (Wildman–Crippen MR) is 142 cm³/mol. The molecule has 0 spiro atoms. The summed E-state index contributed by atoms with van der Waals surface area (Å²) in [6.07, 6.45) is 1.05. The van der Waals surface area contributed by atoms with Gasteiger partial charge in [-0.3, -0.25) is 14.2 Å². The van der Waals surface area contributed by atoms with E-state index in [4.69, 9.17) is 9.47 Å². The zero-order valence-corrected chi connectivity index (χ0v) is 22.6. The molecule has 204 valence electrons. The third-order valence-electron chi connectivity index (χ3n) is 5.95. The van der Waals surface area contributed by atoms with E-state index < -0.39 is 38.5 Å². The van der Waals surface area contributed by atoms with Crippen molar-refractivity contribution in [3.05, 3.63) is 92.9 Å². The lowest BCUT2D eigenvalue weighted by molar-refractivity contribution is -0.0567. The second-order valence-electron chi connectivity index (χ2n) is 9.56. The third kappa shape index (κ3) is 6.90. The van der Waals surface area contributed by atoms with E-state index in [9.17, 15) is 22.4 Å². The van der Waals surface area contributed by atoms with Crippen molar-refractivity contribution in [2.45, 2.75) is 39.1 Å². The van der Waals surface area contributed by atoms with E-state index in [1.165, 1.54) is 16.7 Å². The van der Waals surface area contributed by atoms with Gasteiger partial charge in [0.15, 0.2) is 15.5 Å². The zero-order valence-electron chi connectivity index (χ0n) is 21.8. The molecule has 0 aliphatic carbocycles. The smallest absolute Gasteiger partial charge is 0.296 e. The van der Waals surface area contributed by atoms with Gasteiger partial charge < -0.3 is 14.8 Å². The van der Waals surface area contributed by atoms with Crippen LogP contribution < -0.4 is 15.6 Å². The molecule has 39 heavy (non-hydrogen) atoms. The molecule has 11 heteroatoms. The predicted octanol–water partition coefficient (Wildman–Crippen LogP) is 2.55. The first-order valence-electron chi connectivity index (χ1n) is 12.1. The molecule has 0 fully saturated rings. The monoisotopic (exact) mass is 553 g/mol. The first-order chi connectivity index (χ1) is 18.4. The third-order valence-corrected chi connectivity index (χ3v) is 6.62. The molecule has 0 saturated carbocycles. The van der Waals surface area contributed by atoms with Crippen LogP contribution in [-0.4, -0.2) is 42.5 Å². The molecule has 0 radical (unpaired) electrons. The van der Waals surface area contributed by atoms with Crippen LogP contribution >= 0.6 is 0 Å². The molecule has 0 atom stereocenters. The number of benzene rings is 2. The summed E-state index contributed by atoms with van der Waals surface area (Å²) in [4.78, 5) is 31.4. The van der Waals surface area contributed by atoms with Crippen LogP contribution in [0.5, 0.6) is 5.75 Å². The minimum atomic E-state index is -3.33. The fourth-order valence-corrected chi connectivity index (χ4v) is 4.35. The molecule has 1 aromatic heterocycles. The normalized spacial score (nSPS) is 14.1. The molecular formula is C28H28FN3O6S. The molecule has 1 amide bonds. The van der Waals surface area contributed by atoms with Crippen LogP contribution in [0.15, 0.2) is 53.3 Å². The van der Waals surface area contributed by atoms with Crippen LogP contribution in [0.25, 0.3) is 0 Å². The van der Waals surface area contributed by atoms with Crippen molar-refractivity contribution >= 4 is 15.7 Å². The summed E-state index contributed by atoms with van der Waals surface area (Å²) in [6, 6.07) is 13.0. The Morgan fingerprint density at radius 3 is 2.69 bits per heavy atom. The van der Waals surface area contributed by atoms with Crippen molar-refractivity contribution in [3.63, 3.8) is 0 Å². The minimum absolute atomic E-state index is 0.0509. The van der Waals surface area contributed by atoms with Gasteiger partial charge in [0.05, 0.1) is 13.2 Å². The number of halogens is 1. The number of hydrogen-bond acceptors (Lipinski definition) is 7. The SMILES string of the molecule is CC1(C)OCCn2c1nc(C(=O)NCc1ccc(F)cc1C#CCS(C)(=O)=O)c(OCc1ccccc1)c2=O. The second kappa shape index (κ2) is 11.4. The molecule has 0 unspecified atom stereocenters. The van der Waals surface area contributed by atoms with Gasteiger partial charge >= 0.3 is 0 Å². The van der Waals surface area contributed by atoms with E-state index in [0.29, 0.717) is 18.0 Å². The topological polar surface area (TPSA) is 117 Å². The molecule has 9 nitrogen and oxygen atoms in total. The zero-order chi connectivity index (χ0) is 28.2. The van der Waals surface area contributed by atoms with Crippen molar-refractivity contribution in [3.8, 4) is 17.6 Å². The van der Waals surface area contributed by atoms with E-state index in [2.05, 4.69) is 22.1 Å². The number of nitrogens with one attached hydrogen (secondary N) is 1. The van der Waals surface area contributed by atoms with Gasteiger partial charge in [-0.2, -0.15) is 0 Å². The van der Waals surface area contributed by atoms with Crippen LogP contribution in [0.2, 0.25) is 0 Å². The molecule has 1 aliphatic rings. The lowest BCUT2D eigenvalue weighted by Gasteiger charge is -2.32. The summed E-state index contributed by atoms with van der Waals surface area (Å²) in [7, 11) is -3.33. The highest BCUT2D eigenvalue weighted by atomic mass is 32.2. The number of carbonyl (C=O) groups is 1. The van der Waals surface area contributed by atoms with E-state index >= 15 is 0 Å². The summed E-state index contributed by atoms with van der Waals surface area (Å²) in [5.41, 5.74) is -0.121. The van der Waals surface area contributed by atoms with Gasteiger partial charge in [0.25, 0.3) is 11.5 Å². The Bertz CT molecular complexity index is 1620. The Hall–Kier alpha value is -4.01. The fraction of sp³-hybridized carbons (Fsp3) is 0.321. The highest BCUT2D eigenvalue weighted by Crippen LogP contribution is 2.28. The first-order valence-corrected chi connectivity index (χ1v) is 14.2. The lowest BCUT2D eigenvalue weighted by atomic mass is 10.1. The van der Waals surface area contributed by atoms with Crippen molar-refractivity contribution in [2.75, 3.05) is 18.6 Å². The number of rotatable bonds is 7. The maximum atomic E-state index is 13.9. The van der Waals surface area contributed by atoms with Crippen molar-refractivity contribution < 1.29 is 27.1 Å². The van der Waals surface area contributed by atoms with Gasteiger partial charge in [-0.05, 0) is 37.1 Å². The van der Waals surface area contributed by atoms with Crippen LogP contribution in [-0.2, 0) is 39.9 Å². The molecule has 4 rings (SSSR count). The number of amides is 1. The molecular weight excluding hydrogens is 525 g/mol. The van der Waals surface area contributed by atoms with E-state index in [1.54, 1.807) is 13.8 Å².